The Bertz CT molecular complexity index is 1390. The van der Waals surface area contributed by atoms with Gasteiger partial charge in [0, 0.05) is 10.6 Å². The number of barbiturate groups is 1. The Morgan fingerprint density at radius 2 is 1.74 bits per heavy atom. The maximum atomic E-state index is 13.9. The van der Waals surface area contributed by atoms with E-state index in [9.17, 15) is 18.8 Å². The van der Waals surface area contributed by atoms with E-state index in [1.54, 1.807) is 55.5 Å². The summed E-state index contributed by atoms with van der Waals surface area (Å²) in [7, 11) is 0. The predicted octanol–water partition coefficient (Wildman–Crippen LogP) is 6.56. The van der Waals surface area contributed by atoms with Crippen LogP contribution in [0, 0.1) is 12.7 Å². The van der Waals surface area contributed by atoms with E-state index in [-0.39, 0.29) is 23.7 Å². The molecule has 0 unspecified atom stereocenters. The van der Waals surface area contributed by atoms with Crippen molar-refractivity contribution in [2.24, 2.45) is 0 Å². The molecule has 4 rings (SSSR count). The van der Waals surface area contributed by atoms with E-state index >= 15 is 0 Å². The van der Waals surface area contributed by atoms with Gasteiger partial charge in [-0.05, 0) is 86.3 Å². The van der Waals surface area contributed by atoms with Gasteiger partial charge in [0.2, 0.25) is 0 Å². The van der Waals surface area contributed by atoms with Crippen LogP contribution in [0.3, 0.4) is 0 Å². The number of carbonyl (C=O) groups is 3. The highest BCUT2D eigenvalue weighted by molar-refractivity contribution is 9.11. The summed E-state index contributed by atoms with van der Waals surface area (Å²) in [6, 6.07) is 13.5. The number of urea groups is 1. The second-order valence-corrected chi connectivity index (χ2v) is 9.65. The number of imide groups is 2. The van der Waals surface area contributed by atoms with Crippen molar-refractivity contribution < 1.29 is 23.5 Å². The number of nitrogens with zero attached hydrogens (tertiary/aromatic N) is 1. The van der Waals surface area contributed by atoms with Crippen LogP contribution in [0.5, 0.6) is 5.75 Å². The second-order valence-electron chi connectivity index (χ2n) is 7.54. The first kappa shape index (κ1) is 25.1. The third kappa shape index (κ3) is 5.17. The summed E-state index contributed by atoms with van der Waals surface area (Å²) in [4.78, 5) is 39.1. The van der Waals surface area contributed by atoms with Crippen molar-refractivity contribution >= 4 is 73.1 Å². The van der Waals surface area contributed by atoms with E-state index in [0.717, 1.165) is 4.90 Å². The molecule has 35 heavy (non-hydrogen) atoms. The first-order valence-corrected chi connectivity index (χ1v) is 12.2. The van der Waals surface area contributed by atoms with Crippen LogP contribution in [0.1, 0.15) is 16.7 Å². The van der Waals surface area contributed by atoms with Crippen LogP contribution in [-0.2, 0) is 16.2 Å². The highest BCUT2D eigenvalue weighted by Gasteiger charge is 2.37. The Morgan fingerprint density at radius 1 is 1.06 bits per heavy atom. The van der Waals surface area contributed by atoms with Gasteiger partial charge >= 0.3 is 6.03 Å². The minimum atomic E-state index is -0.859. The summed E-state index contributed by atoms with van der Waals surface area (Å²) in [5.74, 6) is -1.56. The Balaban J connectivity index is 1.64. The fourth-order valence-electron chi connectivity index (χ4n) is 3.45. The van der Waals surface area contributed by atoms with Gasteiger partial charge in [-0.3, -0.25) is 14.9 Å². The van der Waals surface area contributed by atoms with Crippen LogP contribution in [0.15, 0.2) is 69.1 Å². The summed E-state index contributed by atoms with van der Waals surface area (Å²) < 4.78 is 20.7. The largest absolute Gasteiger partial charge is 0.486 e. The van der Waals surface area contributed by atoms with Crippen molar-refractivity contribution in [2.45, 2.75) is 13.5 Å². The average Bonchev–Trinajstić information content (AvgIpc) is 2.80. The van der Waals surface area contributed by atoms with Crippen LogP contribution < -0.4 is 15.0 Å². The van der Waals surface area contributed by atoms with E-state index in [1.165, 1.54) is 12.1 Å². The maximum absolute atomic E-state index is 13.9. The van der Waals surface area contributed by atoms with Crippen molar-refractivity contribution in [1.82, 2.24) is 5.32 Å². The second kappa shape index (κ2) is 10.3. The summed E-state index contributed by atoms with van der Waals surface area (Å²) in [5, 5.41) is 2.57. The smallest absolute Gasteiger partial charge is 0.335 e. The topological polar surface area (TPSA) is 75.7 Å². The number of benzene rings is 3. The number of anilines is 1. The summed E-state index contributed by atoms with van der Waals surface area (Å²) in [6.45, 7) is 1.67. The standard InChI is InChI=1S/C25H16Br2ClFN2O4/c1-13-19(28)6-4-8-21(13)31-24(33)16(23(32)30-25(31)34)9-14-10-17(26)22(18(27)11-14)35-12-15-5-2-3-7-20(15)29/h2-11H,12H2,1H3,(H,30,32,34)/b16-9+. The van der Waals surface area contributed by atoms with E-state index in [4.69, 9.17) is 16.3 Å². The number of nitrogens with one attached hydrogen (secondary N) is 1. The molecular formula is C25H16Br2ClFN2O4. The van der Waals surface area contributed by atoms with Gasteiger partial charge in [-0.1, -0.05) is 35.9 Å². The number of hydrogen-bond acceptors (Lipinski definition) is 4. The molecule has 1 saturated heterocycles. The zero-order valence-corrected chi connectivity index (χ0v) is 22.0. The fourth-order valence-corrected chi connectivity index (χ4v) is 5.07. The molecule has 178 valence electrons. The van der Waals surface area contributed by atoms with Gasteiger partial charge in [0.15, 0.2) is 0 Å². The lowest BCUT2D eigenvalue weighted by Gasteiger charge is -2.27. The van der Waals surface area contributed by atoms with Crippen molar-refractivity contribution in [3.05, 3.63) is 96.6 Å². The number of amides is 4. The predicted molar refractivity (Wildman–Crippen MR) is 138 cm³/mol. The molecule has 0 spiro atoms. The van der Waals surface area contributed by atoms with Crippen LogP contribution >= 0.6 is 43.5 Å². The number of halogens is 4. The van der Waals surface area contributed by atoms with E-state index in [1.807, 2.05) is 0 Å². The molecule has 10 heteroatoms. The molecule has 3 aromatic rings. The Morgan fingerprint density at radius 3 is 2.43 bits per heavy atom. The highest BCUT2D eigenvalue weighted by atomic mass is 79.9. The minimum absolute atomic E-state index is 0.00125. The zero-order valence-electron chi connectivity index (χ0n) is 18.1. The lowest BCUT2D eigenvalue weighted by molar-refractivity contribution is -0.122. The summed E-state index contributed by atoms with van der Waals surface area (Å²) >= 11 is 13.0. The lowest BCUT2D eigenvalue weighted by Crippen LogP contribution is -2.54. The molecule has 6 nitrogen and oxygen atoms in total. The van der Waals surface area contributed by atoms with Gasteiger partial charge in [-0.25, -0.2) is 14.1 Å². The Labute approximate surface area is 222 Å². The molecule has 0 radical (unpaired) electrons. The molecule has 0 saturated carbocycles. The molecule has 1 N–H and O–H groups in total. The molecule has 0 bridgehead atoms. The van der Waals surface area contributed by atoms with Crippen LogP contribution in [-0.4, -0.2) is 17.8 Å². The fraction of sp³-hybridized carbons (Fsp3) is 0.0800. The third-order valence-corrected chi connectivity index (χ3v) is 6.83. The molecule has 0 atom stereocenters. The molecule has 1 fully saturated rings. The lowest BCUT2D eigenvalue weighted by atomic mass is 10.1. The van der Waals surface area contributed by atoms with Crippen LogP contribution in [0.4, 0.5) is 14.9 Å². The van der Waals surface area contributed by atoms with E-state index in [0.29, 0.717) is 36.4 Å². The van der Waals surface area contributed by atoms with Gasteiger partial charge in [-0.15, -0.1) is 0 Å². The normalized spacial score (nSPS) is 14.9. The first-order valence-electron chi connectivity index (χ1n) is 10.2. The Kier molecular flexibility index (Phi) is 7.39. The maximum Gasteiger partial charge on any atom is 0.335 e. The number of rotatable bonds is 5. The minimum Gasteiger partial charge on any atom is -0.486 e. The molecule has 0 aromatic heterocycles. The first-order chi connectivity index (χ1) is 16.7. The van der Waals surface area contributed by atoms with Gasteiger partial charge in [0.25, 0.3) is 11.8 Å². The van der Waals surface area contributed by atoms with Gasteiger partial charge in [-0.2, -0.15) is 0 Å². The Hall–Kier alpha value is -3.01. The molecule has 1 heterocycles. The quantitative estimate of drug-likeness (QED) is 0.259. The molecule has 4 amide bonds. The summed E-state index contributed by atoms with van der Waals surface area (Å²) in [6.07, 6.45) is 1.37. The molecule has 1 aliphatic rings. The van der Waals surface area contributed by atoms with Crippen molar-refractivity contribution in [3.63, 3.8) is 0 Å². The molecule has 1 aliphatic heterocycles. The molecule has 0 aliphatic carbocycles. The van der Waals surface area contributed by atoms with Gasteiger partial charge in [0.1, 0.15) is 23.7 Å². The summed E-state index contributed by atoms with van der Waals surface area (Å²) in [5.41, 5.74) is 1.44. The zero-order chi connectivity index (χ0) is 25.3. The monoisotopic (exact) mass is 620 g/mol. The molecular weight excluding hydrogens is 607 g/mol. The highest BCUT2D eigenvalue weighted by Crippen LogP contribution is 2.36. The SMILES string of the molecule is Cc1c(Cl)cccc1N1C(=O)NC(=O)/C(=C\c2cc(Br)c(OCc3ccccc3F)c(Br)c2)C1=O. The average molecular weight is 623 g/mol. The number of hydrogen-bond donors (Lipinski definition) is 1. The molecule has 3 aromatic carbocycles. The number of carbonyl (C=O) groups excluding carboxylic acids is 3. The van der Waals surface area contributed by atoms with Crippen LogP contribution in [0.2, 0.25) is 5.02 Å². The van der Waals surface area contributed by atoms with E-state index < -0.39 is 17.8 Å². The van der Waals surface area contributed by atoms with Crippen molar-refractivity contribution in [2.75, 3.05) is 4.90 Å². The van der Waals surface area contributed by atoms with E-state index in [2.05, 4.69) is 37.2 Å². The van der Waals surface area contributed by atoms with Gasteiger partial charge < -0.3 is 4.74 Å². The third-order valence-electron chi connectivity index (χ3n) is 5.24. The number of ether oxygens (including phenoxy) is 1. The van der Waals surface area contributed by atoms with Crippen molar-refractivity contribution in [3.8, 4) is 5.75 Å². The van der Waals surface area contributed by atoms with Crippen molar-refractivity contribution in [1.29, 1.82) is 0 Å². The van der Waals surface area contributed by atoms with Gasteiger partial charge in [0.05, 0.1) is 14.6 Å². The van der Waals surface area contributed by atoms with Crippen LogP contribution in [0.25, 0.3) is 6.08 Å².